The van der Waals surface area contributed by atoms with Crippen molar-refractivity contribution in [1.82, 2.24) is 24.9 Å². The van der Waals surface area contributed by atoms with Crippen LogP contribution in [0.25, 0.3) is 11.3 Å². The molecule has 9 nitrogen and oxygen atoms in total. The lowest BCUT2D eigenvalue weighted by molar-refractivity contribution is 0.327. The second-order valence-electron chi connectivity index (χ2n) is 7.35. The van der Waals surface area contributed by atoms with Crippen LogP contribution in [0.1, 0.15) is 11.3 Å². The van der Waals surface area contributed by atoms with Gasteiger partial charge in [-0.1, -0.05) is 0 Å². The SMILES string of the molecule is Cc1cc(-c2ncc(CNc3ncnc(N4CCN(N)/C(=C\N)C4)c3F)cc2F)ccn1. The van der Waals surface area contributed by atoms with Crippen molar-refractivity contribution >= 4 is 11.6 Å². The average Bonchev–Trinajstić information content (AvgIpc) is 2.79. The van der Waals surface area contributed by atoms with Gasteiger partial charge in [0.05, 0.1) is 18.8 Å². The van der Waals surface area contributed by atoms with Crippen molar-refractivity contribution in [3.8, 4) is 11.3 Å². The molecular formula is C21H23F2N9. The summed E-state index contributed by atoms with van der Waals surface area (Å²) in [6.07, 6.45) is 5.81. The van der Waals surface area contributed by atoms with Crippen LogP contribution in [0.3, 0.4) is 0 Å². The van der Waals surface area contributed by atoms with Crippen LogP contribution in [0.4, 0.5) is 20.4 Å². The zero-order valence-electron chi connectivity index (χ0n) is 17.5. The maximum absolute atomic E-state index is 15.1. The van der Waals surface area contributed by atoms with Gasteiger partial charge in [-0.3, -0.25) is 9.97 Å². The Morgan fingerprint density at radius 2 is 2.00 bits per heavy atom. The second-order valence-corrected chi connectivity index (χ2v) is 7.35. The summed E-state index contributed by atoms with van der Waals surface area (Å²) in [5, 5.41) is 4.42. The fourth-order valence-electron chi connectivity index (χ4n) is 3.44. The first-order chi connectivity index (χ1) is 15.5. The molecule has 5 N–H and O–H groups in total. The van der Waals surface area contributed by atoms with Gasteiger partial charge in [-0.15, -0.1) is 0 Å². The highest BCUT2D eigenvalue weighted by Crippen LogP contribution is 2.25. The summed E-state index contributed by atoms with van der Waals surface area (Å²) < 4.78 is 29.7. The van der Waals surface area contributed by atoms with Crippen molar-refractivity contribution in [3.05, 3.63) is 71.7 Å². The molecule has 0 spiro atoms. The average molecular weight is 439 g/mol. The van der Waals surface area contributed by atoms with E-state index >= 15 is 4.39 Å². The number of nitrogens with zero attached hydrogens (tertiary/aromatic N) is 6. The van der Waals surface area contributed by atoms with Crippen molar-refractivity contribution in [2.45, 2.75) is 13.5 Å². The predicted molar refractivity (Wildman–Crippen MR) is 117 cm³/mol. The molecule has 4 heterocycles. The molecule has 0 aliphatic carbocycles. The maximum atomic E-state index is 15.1. The molecule has 166 valence electrons. The van der Waals surface area contributed by atoms with Crippen LogP contribution < -0.4 is 21.8 Å². The molecule has 0 saturated carbocycles. The highest BCUT2D eigenvalue weighted by Gasteiger charge is 2.24. The molecular weight excluding hydrogens is 416 g/mol. The summed E-state index contributed by atoms with van der Waals surface area (Å²) in [6, 6.07) is 4.82. The summed E-state index contributed by atoms with van der Waals surface area (Å²) in [6.45, 7) is 3.24. The standard InChI is InChI=1S/C21H23F2N9/c1-13-6-15(2-3-26-13)19-17(22)7-14(9-27-19)10-28-20-18(23)21(30-12-29-20)31-4-5-32(25)16(8-24)11-31/h2-3,6-9,12H,4-5,10-11,24-25H2,1H3,(H,28,29,30)/b16-8-. The molecule has 0 atom stereocenters. The summed E-state index contributed by atoms with van der Waals surface area (Å²) >= 11 is 0. The molecule has 0 amide bonds. The summed E-state index contributed by atoms with van der Waals surface area (Å²) in [5.74, 6) is 4.93. The molecule has 0 unspecified atom stereocenters. The van der Waals surface area contributed by atoms with Crippen LogP contribution in [0, 0.1) is 18.6 Å². The number of piperazine rings is 1. The number of halogens is 2. The van der Waals surface area contributed by atoms with Gasteiger partial charge in [-0.2, -0.15) is 4.39 Å². The first kappa shape index (κ1) is 21.4. The van der Waals surface area contributed by atoms with Gasteiger partial charge in [0.1, 0.15) is 17.8 Å². The number of pyridine rings is 2. The lowest BCUT2D eigenvalue weighted by Crippen LogP contribution is -2.48. The monoisotopic (exact) mass is 439 g/mol. The number of hydrogen-bond acceptors (Lipinski definition) is 9. The molecule has 1 saturated heterocycles. The lowest BCUT2D eigenvalue weighted by atomic mass is 10.1. The zero-order valence-corrected chi connectivity index (χ0v) is 17.5. The third kappa shape index (κ3) is 4.42. The Morgan fingerprint density at radius 3 is 2.75 bits per heavy atom. The van der Waals surface area contributed by atoms with E-state index in [9.17, 15) is 4.39 Å². The Morgan fingerprint density at radius 1 is 1.16 bits per heavy atom. The largest absolute Gasteiger partial charge is 0.403 e. The van der Waals surface area contributed by atoms with Crippen molar-refractivity contribution < 1.29 is 8.78 Å². The second kappa shape index (κ2) is 9.10. The molecule has 1 aliphatic heterocycles. The lowest BCUT2D eigenvalue weighted by Gasteiger charge is -2.35. The zero-order chi connectivity index (χ0) is 22.7. The molecule has 3 aromatic rings. The van der Waals surface area contributed by atoms with E-state index in [1.54, 1.807) is 29.4 Å². The Hall–Kier alpha value is -3.86. The van der Waals surface area contributed by atoms with E-state index in [1.807, 2.05) is 6.92 Å². The van der Waals surface area contributed by atoms with Crippen LogP contribution in [0.2, 0.25) is 0 Å². The minimum atomic E-state index is -0.605. The summed E-state index contributed by atoms with van der Waals surface area (Å²) in [7, 11) is 0. The van der Waals surface area contributed by atoms with Gasteiger partial charge in [-0.25, -0.2) is 20.2 Å². The number of nitrogens with one attached hydrogen (secondary N) is 1. The Balaban J connectivity index is 1.49. The first-order valence-electron chi connectivity index (χ1n) is 9.96. The normalized spacial score (nSPS) is 15.3. The Labute approximate surface area is 183 Å². The van der Waals surface area contributed by atoms with Crippen LogP contribution in [-0.4, -0.2) is 44.6 Å². The van der Waals surface area contributed by atoms with E-state index in [0.717, 1.165) is 5.69 Å². The van der Waals surface area contributed by atoms with E-state index in [4.69, 9.17) is 11.6 Å². The van der Waals surface area contributed by atoms with Gasteiger partial charge >= 0.3 is 0 Å². The molecule has 0 radical (unpaired) electrons. The molecule has 3 aromatic heterocycles. The van der Waals surface area contributed by atoms with Crippen LogP contribution in [-0.2, 0) is 6.54 Å². The third-order valence-corrected chi connectivity index (χ3v) is 5.12. The number of hydrogen-bond donors (Lipinski definition) is 3. The number of anilines is 2. The summed E-state index contributed by atoms with van der Waals surface area (Å²) in [4.78, 5) is 18.1. The number of nitrogens with two attached hydrogens (primary N) is 2. The number of hydrazine groups is 1. The molecule has 1 fully saturated rings. The van der Waals surface area contributed by atoms with Gasteiger partial charge in [0, 0.05) is 42.9 Å². The van der Waals surface area contributed by atoms with E-state index in [2.05, 4.69) is 25.3 Å². The predicted octanol–water partition coefficient (Wildman–Crippen LogP) is 1.93. The van der Waals surface area contributed by atoms with E-state index in [-0.39, 0.29) is 23.9 Å². The molecule has 11 heteroatoms. The van der Waals surface area contributed by atoms with Gasteiger partial charge < -0.3 is 21.0 Å². The van der Waals surface area contributed by atoms with E-state index in [0.29, 0.717) is 36.5 Å². The number of aromatic nitrogens is 4. The van der Waals surface area contributed by atoms with Gasteiger partial charge in [0.2, 0.25) is 5.82 Å². The van der Waals surface area contributed by atoms with Crippen molar-refractivity contribution in [2.75, 3.05) is 29.9 Å². The highest BCUT2D eigenvalue weighted by molar-refractivity contribution is 5.60. The molecule has 0 bridgehead atoms. The van der Waals surface area contributed by atoms with Crippen LogP contribution in [0.5, 0.6) is 0 Å². The Bertz CT molecular complexity index is 1150. The maximum Gasteiger partial charge on any atom is 0.207 e. The quantitative estimate of drug-likeness (QED) is 0.512. The minimum Gasteiger partial charge on any atom is -0.403 e. The van der Waals surface area contributed by atoms with Gasteiger partial charge in [-0.05, 0) is 30.7 Å². The first-order valence-corrected chi connectivity index (χ1v) is 9.96. The van der Waals surface area contributed by atoms with Gasteiger partial charge in [0.15, 0.2) is 11.6 Å². The topological polar surface area (TPSA) is 122 Å². The van der Waals surface area contributed by atoms with Crippen molar-refractivity contribution in [2.24, 2.45) is 11.6 Å². The fraction of sp³-hybridized carbons (Fsp3) is 0.238. The number of aryl methyl sites for hydroxylation is 1. The number of rotatable bonds is 5. The smallest absolute Gasteiger partial charge is 0.207 e. The van der Waals surface area contributed by atoms with Crippen molar-refractivity contribution in [1.29, 1.82) is 0 Å². The van der Waals surface area contributed by atoms with Crippen LogP contribution >= 0.6 is 0 Å². The highest BCUT2D eigenvalue weighted by atomic mass is 19.1. The molecule has 0 aromatic carbocycles. The molecule has 4 rings (SSSR count). The van der Waals surface area contributed by atoms with E-state index in [1.165, 1.54) is 23.6 Å². The fourth-order valence-corrected chi connectivity index (χ4v) is 3.44. The minimum absolute atomic E-state index is 0.0118. The van der Waals surface area contributed by atoms with E-state index < -0.39 is 11.6 Å². The molecule has 1 aliphatic rings. The van der Waals surface area contributed by atoms with Crippen LogP contribution in [0.15, 0.2) is 48.8 Å². The van der Waals surface area contributed by atoms with Crippen molar-refractivity contribution in [3.63, 3.8) is 0 Å². The Kier molecular flexibility index (Phi) is 6.08. The molecule has 32 heavy (non-hydrogen) atoms. The van der Waals surface area contributed by atoms with Gasteiger partial charge in [0.25, 0.3) is 0 Å². The third-order valence-electron chi connectivity index (χ3n) is 5.12. The summed E-state index contributed by atoms with van der Waals surface area (Å²) in [5.41, 5.74) is 8.44.